The number of carbonyl (C=O) groups is 1. The zero-order valence-corrected chi connectivity index (χ0v) is 23.4. The summed E-state index contributed by atoms with van der Waals surface area (Å²) >= 11 is 0. The summed E-state index contributed by atoms with van der Waals surface area (Å²) in [6.07, 6.45) is 1.45. The molecule has 0 bridgehead atoms. The number of ether oxygens (including phenoxy) is 3. The number of carbonyl (C=O) groups excluding carboxylic acids is 1. The lowest BCUT2D eigenvalue weighted by atomic mass is 9.90. The summed E-state index contributed by atoms with van der Waals surface area (Å²) in [5.41, 5.74) is 3.57. The Bertz CT molecular complexity index is 1200. The first-order valence-electron chi connectivity index (χ1n) is 13.6. The van der Waals surface area contributed by atoms with Crippen LogP contribution in [0.2, 0.25) is 0 Å². The average molecular weight is 580 g/mol. The van der Waals surface area contributed by atoms with E-state index in [4.69, 9.17) is 19.3 Å². The first kappa shape index (κ1) is 30.4. The van der Waals surface area contributed by atoms with Gasteiger partial charge in [-0.2, -0.15) is 0 Å². The monoisotopic (exact) mass is 579 g/mol. The molecule has 2 aliphatic heterocycles. The van der Waals surface area contributed by atoms with Crippen molar-refractivity contribution in [3.05, 3.63) is 65.0 Å². The predicted molar refractivity (Wildman–Crippen MR) is 148 cm³/mol. The van der Waals surface area contributed by atoms with E-state index < -0.39 is 10.0 Å². The highest BCUT2D eigenvalue weighted by Gasteiger charge is 2.29. The van der Waals surface area contributed by atoms with Crippen molar-refractivity contribution in [1.29, 1.82) is 0 Å². The largest absolute Gasteiger partial charge is 0.394 e. The zero-order chi connectivity index (χ0) is 28.4. The van der Waals surface area contributed by atoms with Crippen molar-refractivity contribution in [3.8, 4) is 0 Å². The number of urea groups is 1. The number of nitrogens with zero attached hydrogens (tertiary/aromatic N) is 2. The number of rotatable bonds is 14. The van der Waals surface area contributed by atoms with Crippen molar-refractivity contribution in [2.75, 3.05) is 70.4 Å². The smallest absolute Gasteiger partial charge is 0.322 e. The maximum absolute atomic E-state index is 13.5. The Morgan fingerprint density at radius 2 is 1.52 bits per heavy atom. The van der Waals surface area contributed by atoms with Crippen LogP contribution in [0.15, 0.2) is 42.5 Å². The molecule has 0 aromatic heterocycles. The number of aliphatic hydroxyl groups is 1. The SMILES string of the molecule is O=C(Nc1ccc(C2CCN(S(=O)(=O)CCOCCOCCOCCO)CC2)cc1)N1Cc2ccc(F)cc2C1. The molecule has 2 amide bonds. The van der Waals surface area contributed by atoms with Crippen molar-refractivity contribution < 1.29 is 36.9 Å². The van der Waals surface area contributed by atoms with Crippen molar-refractivity contribution >= 4 is 21.7 Å². The minimum atomic E-state index is -3.40. The third-order valence-electron chi connectivity index (χ3n) is 7.12. The molecular weight excluding hydrogens is 541 g/mol. The summed E-state index contributed by atoms with van der Waals surface area (Å²) < 4.78 is 56.3. The number of aliphatic hydroxyl groups excluding tert-OH is 1. The number of nitrogens with one attached hydrogen (secondary N) is 1. The molecule has 2 aromatic rings. The van der Waals surface area contributed by atoms with Crippen molar-refractivity contribution in [2.24, 2.45) is 0 Å². The Labute approximate surface area is 235 Å². The van der Waals surface area contributed by atoms with E-state index in [0.29, 0.717) is 58.3 Å². The van der Waals surface area contributed by atoms with Gasteiger partial charge in [0.1, 0.15) is 5.82 Å². The molecule has 220 valence electrons. The molecule has 2 N–H and O–H groups in total. The van der Waals surface area contributed by atoms with Crippen molar-refractivity contribution in [2.45, 2.75) is 31.8 Å². The van der Waals surface area contributed by atoms with Crippen molar-refractivity contribution in [3.63, 3.8) is 0 Å². The van der Waals surface area contributed by atoms with Gasteiger partial charge in [-0.25, -0.2) is 21.9 Å². The Morgan fingerprint density at radius 3 is 2.20 bits per heavy atom. The Morgan fingerprint density at radius 1 is 0.900 bits per heavy atom. The summed E-state index contributed by atoms with van der Waals surface area (Å²) in [4.78, 5) is 14.3. The summed E-state index contributed by atoms with van der Waals surface area (Å²) in [7, 11) is -3.40. The lowest BCUT2D eigenvalue weighted by Gasteiger charge is -2.31. The molecular formula is C28H38FN3O7S. The molecule has 40 heavy (non-hydrogen) atoms. The first-order chi connectivity index (χ1) is 19.4. The molecule has 10 nitrogen and oxygen atoms in total. The zero-order valence-electron chi connectivity index (χ0n) is 22.6. The van der Waals surface area contributed by atoms with E-state index in [1.807, 2.05) is 24.3 Å². The molecule has 12 heteroatoms. The van der Waals surface area contributed by atoms with Gasteiger partial charge in [0, 0.05) is 31.9 Å². The minimum absolute atomic E-state index is 0.0228. The van der Waals surface area contributed by atoms with Gasteiger partial charge in [0.15, 0.2) is 0 Å². The van der Waals surface area contributed by atoms with Crippen LogP contribution in [0.4, 0.5) is 14.9 Å². The predicted octanol–water partition coefficient (Wildman–Crippen LogP) is 2.92. The first-order valence-corrected chi connectivity index (χ1v) is 15.2. The molecule has 4 rings (SSSR count). The van der Waals surface area contributed by atoms with Gasteiger partial charge >= 0.3 is 6.03 Å². The highest BCUT2D eigenvalue weighted by atomic mass is 32.2. The summed E-state index contributed by atoms with van der Waals surface area (Å²) in [6.45, 7) is 3.55. The summed E-state index contributed by atoms with van der Waals surface area (Å²) in [5.74, 6) is -0.124. The Kier molecular flexibility index (Phi) is 11.3. The minimum Gasteiger partial charge on any atom is -0.394 e. The maximum Gasteiger partial charge on any atom is 0.322 e. The van der Waals surface area contributed by atoms with Crippen LogP contribution in [0.5, 0.6) is 0 Å². The van der Waals surface area contributed by atoms with E-state index in [9.17, 15) is 17.6 Å². The fourth-order valence-electron chi connectivity index (χ4n) is 4.91. The molecule has 0 unspecified atom stereocenters. The van der Waals surface area contributed by atoms with Crippen LogP contribution in [-0.2, 0) is 37.3 Å². The van der Waals surface area contributed by atoms with Crippen LogP contribution in [-0.4, -0.2) is 93.9 Å². The van der Waals surface area contributed by atoms with Crippen LogP contribution in [0, 0.1) is 5.82 Å². The topological polar surface area (TPSA) is 118 Å². The number of hydrogen-bond acceptors (Lipinski definition) is 7. The lowest BCUT2D eigenvalue weighted by molar-refractivity contribution is 0.00981. The van der Waals surface area contributed by atoms with E-state index in [2.05, 4.69) is 5.32 Å². The second-order valence-corrected chi connectivity index (χ2v) is 12.0. The number of hydrogen-bond donors (Lipinski definition) is 2. The third-order valence-corrected chi connectivity index (χ3v) is 8.96. The molecule has 2 aliphatic rings. The van der Waals surface area contributed by atoms with E-state index in [-0.39, 0.29) is 43.3 Å². The van der Waals surface area contributed by atoms with Gasteiger partial charge in [-0.3, -0.25) is 0 Å². The van der Waals surface area contributed by atoms with Crippen LogP contribution < -0.4 is 5.32 Å². The second-order valence-electron chi connectivity index (χ2n) is 9.87. The van der Waals surface area contributed by atoms with Gasteiger partial charge in [-0.15, -0.1) is 0 Å². The van der Waals surface area contributed by atoms with Gasteiger partial charge < -0.3 is 29.5 Å². The molecule has 0 spiro atoms. The lowest BCUT2D eigenvalue weighted by Crippen LogP contribution is -2.40. The molecule has 0 aliphatic carbocycles. The molecule has 2 heterocycles. The third kappa shape index (κ3) is 8.69. The quantitative estimate of drug-likeness (QED) is 0.331. The van der Waals surface area contributed by atoms with E-state index in [0.717, 1.165) is 29.5 Å². The van der Waals surface area contributed by atoms with Gasteiger partial charge in [0.25, 0.3) is 0 Å². The van der Waals surface area contributed by atoms with Crippen LogP contribution in [0.25, 0.3) is 0 Å². The van der Waals surface area contributed by atoms with Crippen LogP contribution in [0.1, 0.15) is 35.4 Å². The number of amides is 2. The maximum atomic E-state index is 13.5. The van der Waals surface area contributed by atoms with Gasteiger partial charge in [-0.05, 0) is 59.7 Å². The molecule has 1 saturated heterocycles. The van der Waals surface area contributed by atoms with E-state index in [1.165, 1.54) is 16.4 Å². The van der Waals surface area contributed by atoms with Gasteiger partial charge in [0.2, 0.25) is 10.0 Å². The Hall–Kier alpha value is -2.61. The Balaban J connectivity index is 1.14. The number of benzene rings is 2. The number of fused-ring (bicyclic) bond motifs is 1. The highest BCUT2D eigenvalue weighted by molar-refractivity contribution is 7.89. The number of sulfonamides is 1. The molecule has 0 saturated carbocycles. The fourth-order valence-corrected chi connectivity index (χ4v) is 6.27. The van der Waals surface area contributed by atoms with Crippen LogP contribution in [0.3, 0.4) is 0 Å². The second kappa shape index (κ2) is 14.9. The average Bonchev–Trinajstić information content (AvgIpc) is 3.38. The molecule has 0 atom stereocenters. The number of halogens is 1. The summed E-state index contributed by atoms with van der Waals surface area (Å²) in [6, 6.07) is 12.1. The molecule has 0 radical (unpaired) electrons. The molecule has 1 fully saturated rings. The normalized spacial score (nSPS) is 16.3. The van der Waals surface area contributed by atoms with Crippen molar-refractivity contribution in [1.82, 2.24) is 9.21 Å². The standard InChI is InChI=1S/C28H38FN3O7S/c29-26-4-1-24-20-31(21-25(24)19-26)28(34)30-27-5-2-22(3-6-27)23-7-9-32(10-8-23)40(35,36)18-17-39-16-15-38-14-13-37-12-11-33/h1-6,19,23,33H,7-18,20-21H2,(H,30,34). The highest BCUT2D eigenvalue weighted by Crippen LogP contribution is 2.30. The summed E-state index contributed by atoms with van der Waals surface area (Å²) in [5, 5.41) is 11.5. The van der Waals surface area contributed by atoms with E-state index in [1.54, 1.807) is 11.0 Å². The number of anilines is 1. The fraction of sp³-hybridized carbons (Fsp3) is 0.536. The molecule has 2 aromatic carbocycles. The van der Waals surface area contributed by atoms with E-state index >= 15 is 0 Å². The van der Waals surface area contributed by atoms with Crippen LogP contribution >= 0.6 is 0 Å². The van der Waals surface area contributed by atoms with Gasteiger partial charge in [0.05, 0.1) is 52.0 Å². The number of piperidine rings is 1. The van der Waals surface area contributed by atoms with Gasteiger partial charge in [-0.1, -0.05) is 18.2 Å².